The zero-order valence-corrected chi connectivity index (χ0v) is 23.2. The largest absolute Gasteiger partial charge is 0.493 e. The topological polar surface area (TPSA) is 92.3 Å². The lowest BCUT2D eigenvalue weighted by molar-refractivity contribution is -0.114. The van der Waals surface area contributed by atoms with Crippen molar-refractivity contribution in [2.75, 3.05) is 13.7 Å². The van der Waals surface area contributed by atoms with Crippen LogP contribution in [0.2, 0.25) is 0 Å². The van der Waals surface area contributed by atoms with Crippen LogP contribution in [-0.4, -0.2) is 45.2 Å². The monoisotopic (exact) mass is 543 g/mol. The molecule has 0 radical (unpaired) electrons. The number of thioether (sulfide) groups is 1. The van der Waals surface area contributed by atoms with Crippen molar-refractivity contribution in [3.8, 4) is 11.5 Å². The van der Waals surface area contributed by atoms with Crippen molar-refractivity contribution < 1.29 is 14.3 Å². The number of rotatable bonds is 12. The van der Waals surface area contributed by atoms with Crippen molar-refractivity contribution in [1.82, 2.24) is 9.58 Å². The molecule has 0 aliphatic carbocycles. The highest BCUT2D eigenvalue weighted by Gasteiger charge is 2.35. The number of hydrogen-bond donors (Lipinski definition) is 1. The molecule has 8 nitrogen and oxygen atoms in total. The number of ether oxygens (including phenoxy) is 2. The predicted molar refractivity (Wildman–Crippen MR) is 159 cm³/mol. The third-order valence-corrected chi connectivity index (χ3v) is 7.74. The highest BCUT2D eigenvalue weighted by Crippen LogP contribution is 2.32. The van der Waals surface area contributed by atoms with Gasteiger partial charge < -0.3 is 14.0 Å². The third kappa shape index (κ3) is 5.93. The first-order valence-electron chi connectivity index (χ1n) is 13.4. The molecule has 0 bridgehead atoms. The molecule has 0 fully saturated rings. The zero-order chi connectivity index (χ0) is 27.2. The zero-order valence-electron chi connectivity index (χ0n) is 22.4. The summed E-state index contributed by atoms with van der Waals surface area (Å²) in [5.41, 5.74) is 2.11. The average molecular weight is 544 g/mol. The summed E-state index contributed by atoms with van der Waals surface area (Å²) >= 11 is 1.40. The van der Waals surface area contributed by atoms with Crippen LogP contribution in [-0.2, 0) is 11.3 Å². The Hall–Kier alpha value is -3.85. The van der Waals surface area contributed by atoms with Crippen molar-refractivity contribution in [3.63, 3.8) is 0 Å². The van der Waals surface area contributed by atoms with Crippen LogP contribution in [0.4, 0.5) is 0 Å². The molecule has 2 aliphatic rings. The van der Waals surface area contributed by atoms with E-state index in [1.807, 2.05) is 54.7 Å². The number of hydrazone groups is 1. The molecule has 1 amide bonds. The molecule has 5 rings (SSSR count). The fourth-order valence-electron chi connectivity index (χ4n) is 4.74. The number of amidine groups is 2. The van der Waals surface area contributed by atoms with E-state index in [-0.39, 0.29) is 11.4 Å². The van der Waals surface area contributed by atoms with Gasteiger partial charge in [-0.2, -0.15) is 15.1 Å². The molecule has 9 heteroatoms. The molecule has 0 spiro atoms. The lowest BCUT2D eigenvalue weighted by Crippen LogP contribution is -2.35. The second-order valence-corrected chi connectivity index (χ2v) is 10.5. The predicted octanol–water partition coefficient (Wildman–Crippen LogP) is 6.71. The first-order valence-corrected chi connectivity index (χ1v) is 14.2. The van der Waals surface area contributed by atoms with Gasteiger partial charge in [0.15, 0.2) is 17.3 Å². The van der Waals surface area contributed by atoms with Crippen molar-refractivity contribution >= 4 is 50.7 Å². The van der Waals surface area contributed by atoms with Gasteiger partial charge in [0.05, 0.1) is 19.2 Å². The SMILES string of the molecule is CCCCCCCC1=NN2C(=N)C(=Cc3cn(CCOc4ccccc4OC)c4ccccc34)C(=O)N=C2S1. The molecular weight excluding hydrogens is 510 g/mol. The number of hydrogen-bond acceptors (Lipinski definition) is 6. The summed E-state index contributed by atoms with van der Waals surface area (Å²) in [6.07, 6.45) is 10.5. The Morgan fingerprint density at radius 3 is 2.62 bits per heavy atom. The molecule has 3 heterocycles. The van der Waals surface area contributed by atoms with E-state index in [1.54, 1.807) is 13.2 Å². The standard InChI is InChI=1S/C30H33N5O3S/c1-3-4-5-6-7-16-27-33-35-28(31)23(29(36)32-30(35)39-27)19-21-20-34(24-13-9-8-12-22(21)24)17-18-38-26-15-11-10-14-25(26)37-2/h8-15,19-20,31H,3-7,16-18H2,1-2H3. The van der Waals surface area contributed by atoms with Gasteiger partial charge in [0.1, 0.15) is 11.7 Å². The van der Waals surface area contributed by atoms with Gasteiger partial charge >= 0.3 is 0 Å². The second kappa shape index (κ2) is 12.3. The number of nitrogens with zero attached hydrogens (tertiary/aromatic N) is 4. The van der Waals surface area contributed by atoms with E-state index in [4.69, 9.17) is 14.9 Å². The number of carbonyl (C=O) groups excluding carboxylic acids is 1. The van der Waals surface area contributed by atoms with Gasteiger partial charge in [0, 0.05) is 22.7 Å². The van der Waals surface area contributed by atoms with Crippen LogP contribution >= 0.6 is 11.8 Å². The van der Waals surface area contributed by atoms with E-state index in [2.05, 4.69) is 21.6 Å². The number of methoxy groups -OCH3 is 1. The Labute approximate surface area is 232 Å². The number of nitrogens with one attached hydrogen (secondary N) is 1. The van der Waals surface area contributed by atoms with Crippen LogP contribution in [0.5, 0.6) is 11.5 Å². The molecule has 2 aliphatic heterocycles. The lowest BCUT2D eigenvalue weighted by Gasteiger charge is -2.20. The van der Waals surface area contributed by atoms with E-state index in [9.17, 15) is 4.79 Å². The molecular formula is C30H33N5O3S. The summed E-state index contributed by atoms with van der Waals surface area (Å²) in [6.45, 7) is 3.25. The lowest BCUT2D eigenvalue weighted by atomic mass is 10.1. The van der Waals surface area contributed by atoms with E-state index < -0.39 is 5.91 Å². The van der Waals surface area contributed by atoms with E-state index in [0.717, 1.165) is 40.8 Å². The highest BCUT2D eigenvalue weighted by atomic mass is 32.2. The molecule has 39 heavy (non-hydrogen) atoms. The van der Waals surface area contributed by atoms with E-state index in [1.165, 1.54) is 36.0 Å². The Morgan fingerprint density at radius 2 is 1.79 bits per heavy atom. The minimum absolute atomic E-state index is 0.0646. The summed E-state index contributed by atoms with van der Waals surface area (Å²) in [7, 11) is 1.63. The fraction of sp³-hybridized carbons (Fsp3) is 0.333. The normalized spacial score (nSPS) is 16.1. The number of amides is 1. The Morgan fingerprint density at radius 1 is 1.03 bits per heavy atom. The number of fused-ring (bicyclic) bond motifs is 2. The number of para-hydroxylation sites is 3. The first-order chi connectivity index (χ1) is 19.1. The van der Waals surface area contributed by atoms with Gasteiger partial charge in [-0.25, -0.2) is 0 Å². The molecule has 0 saturated carbocycles. The maximum Gasteiger partial charge on any atom is 0.283 e. The summed E-state index contributed by atoms with van der Waals surface area (Å²) in [5, 5.41) is 17.3. The fourth-order valence-corrected chi connectivity index (χ4v) is 5.66. The van der Waals surface area contributed by atoms with E-state index in [0.29, 0.717) is 29.8 Å². The van der Waals surface area contributed by atoms with Crippen molar-refractivity contribution in [2.45, 2.75) is 52.0 Å². The minimum Gasteiger partial charge on any atom is -0.493 e. The quantitative estimate of drug-likeness (QED) is 0.202. The molecule has 202 valence electrons. The van der Waals surface area contributed by atoms with Crippen LogP contribution < -0.4 is 9.47 Å². The minimum atomic E-state index is -0.408. The van der Waals surface area contributed by atoms with Gasteiger partial charge in [-0.15, -0.1) is 0 Å². The summed E-state index contributed by atoms with van der Waals surface area (Å²) < 4.78 is 13.5. The number of aliphatic imine (C=N–C) groups is 1. The molecule has 0 atom stereocenters. The van der Waals surface area contributed by atoms with Gasteiger partial charge in [-0.1, -0.05) is 62.9 Å². The molecule has 2 aromatic carbocycles. The summed E-state index contributed by atoms with van der Waals surface area (Å²) in [6, 6.07) is 15.6. The average Bonchev–Trinajstić information content (AvgIpc) is 3.52. The Balaban J connectivity index is 1.33. The van der Waals surface area contributed by atoms with Crippen LogP contribution in [0.25, 0.3) is 17.0 Å². The Kier molecular flexibility index (Phi) is 8.46. The van der Waals surface area contributed by atoms with Crippen molar-refractivity contribution in [3.05, 3.63) is 65.9 Å². The van der Waals surface area contributed by atoms with Crippen molar-refractivity contribution in [1.29, 1.82) is 5.41 Å². The molecule has 1 N–H and O–H groups in total. The van der Waals surface area contributed by atoms with Gasteiger partial charge in [-0.3, -0.25) is 10.2 Å². The number of aromatic nitrogens is 1. The third-order valence-electron chi connectivity index (χ3n) is 6.77. The van der Waals surface area contributed by atoms with Gasteiger partial charge in [-0.05, 0) is 48.9 Å². The van der Waals surface area contributed by atoms with Crippen LogP contribution in [0.15, 0.2) is 70.4 Å². The molecule has 0 saturated heterocycles. The van der Waals surface area contributed by atoms with E-state index >= 15 is 0 Å². The highest BCUT2D eigenvalue weighted by molar-refractivity contribution is 8.26. The Bertz CT molecular complexity index is 1470. The van der Waals surface area contributed by atoms with Gasteiger partial charge in [0.2, 0.25) is 5.17 Å². The molecule has 0 unspecified atom stereocenters. The maximum absolute atomic E-state index is 13.0. The smallest absolute Gasteiger partial charge is 0.283 e. The molecule has 1 aromatic heterocycles. The second-order valence-electron chi connectivity index (χ2n) is 9.47. The van der Waals surface area contributed by atoms with Crippen molar-refractivity contribution in [2.24, 2.45) is 10.1 Å². The number of carbonyl (C=O) groups is 1. The molecule has 3 aromatic rings. The number of benzene rings is 2. The van der Waals surface area contributed by atoms with Crippen LogP contribution in [0, 0.1) is 5.41 Å². The van der Waals surface area contributed by atoms with Crippen LogP contribution in [0.1, 0.15) is 51.0 Å². The summed E-state index contributed by atoms with van der Waals surface area (Å²) in [4.78, 5) is 17.3. The number of unbranched alkanes of at least 4 members (excludes halogenated alkanes) is 4. The van der Waals surface area contributed by atoms with Gasteiger partial charge in [0.25, 0.3) is 5.91 Å². The van der Waals surface area contributed by atoms with Crippen LogP contribution in [0.3, 0.4) is 0 Å². The maximum atomic E-state index is 13.0. The first kappa shape index (κ1) is 26.7. The summed E-state index contributed by atoms with van der Waals surface area (Å²) in [5.74, 6) is 1.04.